The third-order valence-electron chi connectivity index (χ3n) is 1.78. The van der Waals surface area contributed by atoms with Crippen molar-refractivity contribution >= 4 is 5.91 Å². The molecule has 1 amide bonds. The maximum Gasteiger partial charge on any atom is 0.234 e. The topological polar surface area (TPSA) is 32.3 Å². The Kier molecular flexibility index (Phi) is 6.59. The molecule has 0 radical (unpaired) electrons. The fraction of sp³-hybridized carbons (Fsp3) is 0.900. The fourth-order valence-corrected chi connectivity index (χ4v) is 1.14. The molecule has 0 aromatic heterocycles. The highest BCUT2D eigenvalue weighted by molar-refractivity contribution is 5.75. The molecule has 0 saturated carbocycles. The lowest BCUT2D eigenvalue weighted by molar-refractivity contribution is -0.124. The first kappa shape index (κ1) is 12.4. The molecule has 0 aromatic carbocycles. The number of hydrogen-bond acceptors (Lipinski definition) is 2. The average molecular weight is 186 g/mol. The van der Waals surface area contributed by atoms with Crippen LogP contribution in [-0.2, 0) is 4.79 Å². The number of nitrogens with zero attached hydrogens (tertiary/aromatic N) is 1. The minimum atomic E-state index is 0.119. The molecule has 3 heteroatoms. The Hall–Kier alpha value is -0.570. The predicted molar refractivity (Wildman–Crippen MR) is 55.1 cm³/mol. The summed E-state index contributed by atoms with van der Waals surface area (Å²) in [6, 6.07) is 0. The van der Waals surface area contributed by atoms with Crippen LogP contribution < -0.4 is 5.43 Å². The van der Waals surface area contributed by atoms with E-state index in [-0.39, 0.29) is 5.91 Å². The van der Waals surface area contributed by atoms with Crippen molar-refractivity contribution in [3.05, 3.63) is 0 Å². The van der Waals surface area contributed by atoms with Crippen LogP contribution in [0, 0.1) is 5.92 Å². The van der Waals surface area contributed by atoms with Crippen LogP contribution in [0.5, 0.6) is 0 Å². The molecule has 0 atom stereocenters. The molecule has 0 spiro atoms. The van der Waals surface area contributed by atoms with Gasteiger partial charge in [-0.25, -0.2) is 5.01 Å². The number of carbonyl (C=O) groups is 1. The van der Waals surface area contributed by atoms with Crippen LogP contribution in [-0.4, -0.2) is 25.0 Å². The molecule has 0 aliphatic heterocycles. The highest BCUT2D eigenvalue weighted by Crippen LogP contribution is 2.07. The van der Waals surface area contributed by atoms with Crippen LogP contribution in [0.15, 0.2) is 0 Å². The molecule has 3 nitrogen and oxygen atoms in total. The molecule has 0 bridgehead atoms. The first-order valence-electron chi connectivity index (χ1n) is 4.99. The third kappa shape index (κ3) is 9.34. The van der Waals surface area contributed by atoms with Crippen molar-refractivity contribution < 1.29 is 4.79 Å². The molecule has 13 heavy (non-hydrogen) atoms. The Morgan fingerprint density at radius 2 is 1.92 bits per heavy atom. The van der Waals surface area contributed by atoms with Gasteiger partial charge in [-0.15, -0.1) is 0 Å². The maximum absolute atomic E-state index is 11.1. The van der Waals surface area contributed by atoms with Crippen molar-refractivity contribution in [3.63, 3.8) is 0 Å². The lowest BCUT2D eigenvalue weighted by atomic mass is 10.1. The molecule has 0 saturated heterocycles. The molecule has 0 fully saturated rings. The summed E-state index contributed by atoms with van der Waals surface area (Å²) in [6.45, 7) is 4.42. The first-order chi connectivity index (χ1) is 6.02. The van der Waals surface area contributed by atoms with Crippen molar-refractivity contribution in [1.82, 2.24) is 10.4 Å². The van der Waals surface area contributed by atoms with Crippen LogP contribution in [0.3, 0.4) is 0 Å². The van der Waals surface area contributed by atoms with E-state index in [0.717, 1.165) is 18.8 Å². The zero-order chi connectivity index (χ0) is 10.3. The largest absolute Gasteiger partial charge is 0.289 e. The summed E-state index contributed by atoms with van der Waals surface area (Å²) < 4.78 is 0. The van der Waals surface area contributed by atoms with Gasteiger partial charge in [0.25, 0.3) is 0 Å². The van der Waals surface area contributed by atoms with Crippen molar-refractivity contribution in [2.75, 3.05) is 14.1 Å². The summed E-state index contributed by atoms with van der Waals surface area (Å²) in [5, 5.41) is 1.69. The van der Waals surface area contributed by atoms with Gasteiger partial charge in [-0.1, -0.05) is 26.7 Å². The lowest BCUT2D eigenvalue weighted by Gasteiger charge is -2.11. The van der Waals surface area contributed by atoms with Gasteiger partial charge in [0.05, 0.1) is 0 Å². The summed E-state index contributed by atoms with van der Waals surface area (Å²) in [6.07, 6.45) is 4.01. The second-order valence-corrected chi connectivity index (χ2v) is 4.07. The van der Waals surface area contributed by atoms with Crippen LogP contribution in [0.25, 0.3) is 0 Å². The minimum absolute atomic E-state index is 0.119. The fourth-order valence-electron chi connectivity index (χ4n) is 1.14. The van der Waals surface area contributed by atoms with Gasteiger partial charge in [-0.3, -0.25) is 10.2 Å². The van der Waals surface area contributed by atoms with E-state index in [1.54, 1.807) is 5.01 Å². The van der Waals surface area contributed by atoms with Crippen molar-refractivity contribution in [1.29, 1.82) is 0 Å². The Morgan fingerprint density at radius 3 is 2.38 bits per heavy atom. The average Bonchev–Trinajstić information content (AvgIpc) is 1.96. The molecule has 1 N–H and O–H groups in total. The molecule has 0 unspecified atom stereocenters. The molecule has 0 aliphatic carbocycles. The van der Waals surface area contributed by atoms with E-state index >= 15 is 0 Å². The Labute approximate surface area is 81.5 Å². The number of amides is 1. The minimum Gasteiger partial charge on any atom is -0.289 e. The van der Waals surface area contributed by atoms with E-state index in [0.29, 0.717) is 6.42 Å². The quantitative estimate of drug-likeness (QED) is 0.506. The lowest BCUT2D eigenvalue weighted by Crippen LogP contribution is -2.35. The van der Waals surface area contributed by atoms with E-state index in [2.05, 4.69) is 19.3 Å². The van der Waals surface area contributed by atoms with Crippen molar-refractivity contribution in [2.24, 2.45) is 5.92 Å². The molecule has 0 rings (SSSR count). The van der Waals surface area contributed by atoms with Crippen molar-refractivity contribution in [2.45, 2.75) is 39.5 Å². The number of unbranched alkanes of at least 4 members (excludes halogenated alkanes) is 1. The first-order valence-corrected chi connectivity index (χ1v) is 4.99. The Morgan fingerprint density at radius 1 is 1.31 bits per heavy atom. The SMILES string of the molecule is CC(C)CCCCC(=O)NN(C)C. The summed E-state index contributed by atoms with van der Waals surface area (Å²) in [4.78, 5) is 11.1. The van der Waals surface area contributed by atoms with Crippen LogP contribution in [0.1, 0.15) is 39.5 Å². The predicted octanol–water partition coefficient (Wildman–Crippen LogP) is 1.80. The number of carbonyl (C=O) groups excluding carboxylic acids is 1. The van der Waals surface area contributed by atoms with E-state index in [1.165, 1.54) is 6.42 Å². The van der Waals surface area contributed by atoms with Crippen LogP contribution >= 0.6 is 0 Å². The van der Waals surface area contributed by atoms with E-state index in [4.69, 9.17) is 0 Å². The van der Waals surface area contributed by atoms with Crippen LogP contribution in [0.2, 0.25) is 0 Å². The van der Waals surface area contributed by atoms with Gasteiger partial charge in [0.15, 0.2) is 0 Å². The Balaban J connectivity index is 3.27. The highest BCUT2D eigenvalue weighted by Gasteiger charge is 2.01. The molecule has 0 aromatic rings. The van der Waals surface area contributed by atoms with Gasteiger partial charge in [0, 0.05) is 20.5 Å². The third-order valence-corrected chi connectivity index (χ3v) is 1.78. The van der Waals surface area contributed by atoms with Crippen molar-refractivity contribution in [3.8, 4) is 0 Å². The number of nitrogens with one attached hydrogen (secondary N) is 1. The van der Waals surface area contributed by atoms with Gasteiger partial charge in [-0.2, -0.15) is 0 Å². The van der Waals surface area contributed by atoms with Crippen LogP contribution in [0.4, 0.5) is 0 Å². The second-order valence-electron chi connectivity index (χ2n) is 4.07. The van der Waals surface area contributed by atoms with Gasteiger partial charge in [0.2, 0.25) is 5.91 Å². The molecular formula is C10H22N2O. The maximum atomic E-state index is 11.1. The summed E-state index contributed by atoms with van der Waals surface area (Å²) >= 11 is 0. The summed E-state index contributed by atoms with van der Waals surface area (Å²) in [5.41, 5.74) is 2.73. The summed E-state index contributed by atoms with van der Waals surface area (Å²) in [7, 11) is 3.65. The van der Waals surface area contributed by atoms with Gasteiger partial charge in [-0.05, 0) is 12.3 Å². The van der Waals surface area contributed by atoms with E-state index < -0.39 is 0 Å². The summed E-state index contributed by atoms with van der Waals surface area (Å²) in [5.74, 6) is 0.866. The monoisotopic (exact) mass is 186 g/mol. The highest BCUT2D eigenvalue weighted by atomic mass is 16.2. The zero-order valence-electron chi connectivity index (χ0n) is 9.26. The van der Waals surface area contributed by atoms with Gasteiger partial charge < -0.3 is 0 Å². The standard InChI is InChI=1S/C10H22N2O/c1-9(2)7-5-6-8-10(13)11-12(3)4/h9H,5-8H2,1-4H3,(H,11,13). The smallest absolute Gasteiger partial charge is 0.234 e. The second kappa shape index (κ2) is 6.89. The number of hydrazine groups is 1. The zero-order valence-corrected chi connectivity index (χ0v) is 9.26. The van der Waals surface area contributed by atoms with E-state index in [1.807, 2.05) is 14.1 Å². The molecule has 0 heterocycles. The van der Waals surface area contributed by atoms with Gasteiger partial charge >= 0.3 is 0 Å². The molecule has 78 valence electrons. The van der Waals surface area contributed by atoms with Gasteiger partial charge in [0.1, 0.15) is 0 Å². The van der Waals surface area contributed by atoms with E-state index in [9.17, 15) is 4.79 Å². The molecule has 0 aliphatic rings. The number of rotatable bonds is 6. The number of hydrogen-bond donors (Lipinski definition) is 1. The normalized spacial score (nSPS) is 10.9. The molecular weight excluding hydrogens is 164 g/mol. The Bertz CT molecular complexity index is 144.